The van der Waals surface area contributed by atoms with Crippen LogP contribution in [0, 0.1) is 17.8 Å². The molecule has 0 spiro atoms. The Labute approximate surface area is 469 Å². The lowest BCUT2D eigenvalue weighted by molar-refractivity contribution is -0.256. The molecular weight excluding hydrogens is 987 g/mol. The highest BCUT2D eigenvalue weighted by Crippen LogP contribution is 2.62. The third-order valence-electron chi connectivity index (χ3n) is 15.9. The van der Waals surface area contributed by atoms with E-state index in [2.05, 4.69) is 31.8 Å². The zero-order chi connectivity index (χ0) is 55.5. The standard InChI is InChI=1S/C64H101N3O11/c1-4-7-9-11-13-15-17-19-21-28-38-65-62(71)77-53-36-37-58-56(48-53)60-54(35-27-30-41-69)52(34-26-29-40-68)47-55-57(66-76-50-51-32-24-23-25-33-51)49-59(64(78-58,61(55)60)75-43-6-3)67(39-45-73-46-42-70)63(72)74-44-31-22-20-18-16-14-12-10-8-5-2/h6,23-25,32-33,36-37,47-48,52,54,59-61,68-70H,3-5,7-22,26-31,34-35,38-46,49-50H2,1-2H3,(H,65,71). The van der Waals surface area contributed by atoms with Gasteiger partial charge in [0.25, 0.3) is 0 Å². The van der Waals surface area contributed by atoms with Gasteiger partial charge in [-0.15, -0.1) is 6.58 Å². The van der Waals surface area contributed by atoms with Crippen LogP contribution in [-0.2, 0) is 25.7 Å². The number of hydrogen-bond donors (Lipinski definition) is 4. The minimum absolute atomic E-state index is 0.00774. The summed E-state index contributed by atoms with van der Waals surface area (Å²) >= 11 is 0. The van der Waals surface area contributed by atoms with Crippen LogP contribution in [0.25, 0.3) is 0 Å². The lowest BCUT2D eigenvalue weighted by Gasteiger charge is -2.59. The molecule has 6 atom stereocenters. The van der Waals surface area contributed by atoms with E-state index in [1.807, 2.05) is 42.5 Å². The molecule has 1 fully saturated rings. The van der Waals surface area contributed by atoms with Crippen LogP contribution >= 0.6 is 0 Å². The molecule has 0 radical (unpaired) electrons. The van der Waals surface area contributed by atoms with Crippen LogP contribution in [0.2, 0.25) is 0 Å². The summed E-state index contributed by atoms with van der Waals surface area (Å²) in [6.07, 6.45) is 31.0. The van der Waals surface area contributed by atoms with Crippen LogP contribution in [-0.4, -0.2) is 109 Å². The number of oxime groups is 1. The number of carbonyl (C=O) groups excluding carboxylic acids is 2. The van der Waals surface area contributed by atoms with Crippen molar-refractivity contribution in [3.05, 3.63) is 84.0 Å². The quantitative estimate of drug-likeness (QED) is 0.0282. The molecule has 1 aliphatic heterocycles. The number of ether oxygens (including phenoxy) is 5. The molecule has 5 rings (SSSR count). The summed E-state index contributed by atoms with van der Waals surface area (Å²) in [5.74, 6) is -1.53. The largest absolute Gasteiger partial charge is 0.459 e. The predicted octanol–water partition coefficient (Wildman–Crippen LogP) is 13.9. The van der Waals surface area contributed by atoms with Gasteiger partial charge in [0.2, 0.25) is 5.79 Å². The molecule has 2 aromatic carbocycles. The first kappa shape index (κ1) is 64.4. The molecule has 14 heteroatoms. The fourth-order valence-electron chi connectivity index (χ4n) is 12.0. The third-order valence-corrected chi connectivity index (χ3v) is 15.9. The normalized spacial score (nSPS) is 20.8. The summed E-state index contributed by atoms with van der Waals surface area (Å²) in [4.78, 5) is 36.4. The number of aliphatic hydroxyl groups excluding tert-OH is 3. The van der Waals surface area contributed by atoms with E-state index >= 15 is 0 Å². The van der Waals surface area contributed by atoms with Gasteiger partial charge in [-0.1, -0.05) is 190 Å². The van der Waals surface area contributed by atoms with E-state index in [0.29, 0.717) is 36.6 Å². The van der Waals surface area contributed by atoms with Gasteiger partial charge in [-0.3, -0.25) is 4.90 Å². The number of rotatable bonds is 43. The maximum absolute atomic E-state index is 14.9. The Morgan fingerprint density at radius 2 is 1.40 bits per heavy atom. The highest BCUT2D eigenvalue weighted by molar-refractivity contribution is 6.03. The average Bonchev–Trinajstić information content (AvgIpc) is 3.56. The number of nitrogens with one attached hydrogen (secondary N) is 1. The molecule has 1 saturated carbocycles. The Balaban J connectivity index is 1.53. The van der Waals surface area contributed by atoms with E-state index in [9.17, 15) is 24.9 Å². The SMILES string of the molecule is C=CCOC12Oc3ccc(OC(=O)NCCCCCCCCCCCC)cc3C3C(CCCCO)C(CCCCO)C=C(C(=NOCc4ccccc4)CC1N(CCOCCO)C(=O)OCCCCCCCCCCCC)C32. The number of nitrogens with zero attached hydrogens (tertiary/aromatic N) is 2. The number of unbranched alkanes of at least 4 members (excludes halogenated alkanes) is 20. The number of benzene rings is 2. The van der Waals surface area contributed by atoms with Crippen LogP contribution in [0.5, 0.6) is 11.5 Å². The summed E-state index contributed by atoms with van der Waals surface area (Å²) in [6.45, 7) is 9.93. The number of aliphatic hydroxyl groups is 3. The zero-order valence-corrected chi connectivity index (χ0v) is 48.0. The van der Waals surface area contributed by atoms with Crippen LogP contribution in [0.15, 0.2) is 78.0 Å². The second-order valence-corrected chi connectivity index (χ2v) is 21.9. The number of allylic oxidation sites excluding steroid dienone is 1. The summed E-state index contributed by atoms with van der Waals surface area (Å²) in [5, 5.41) is 37.8. The lowest BCUT2D eigenvalue weighted by Crippen LogP contribution is -2.70. The molecule has 3 aliphatic rings. The first-order valence-electron chi connectivity index (χ1n) is 30.7. The molecule has 2 aromatic rings. The van der Waals surface area contributed by atoms with Gasteiger partial charge in [-0.05, 0) is 79.7 Å². The molecular formula is C64H101N3O11. The summed E-state index contributed by atoms with van der Waals surface area (Å²) in [7, 11) is 0. The average molecular weight is 1090 g/mol. The van der Waals surface area contributed by atoms with E-state index in [0.717, 1.165) is 87.3 Å². The second-order valence-electron chi connectivity index (χ2n) is 21.9. The van der Waals surface area contributed by atoms with Gasteiger partial charge >= 0.3 is 12.2 Å². The van der Waals surface area contributed by atoms with Crippen LogP contribution < -0.4 is 14.8 Å². The first-order chi connectivity index (χ1) is 38.3. The van der Waals surface area contributed by atoms with Gasteiger partial charge in [0, 0.05) is 44.2 Å². The minimum Gasteiger partial charge on any atom is -0.459 e. The van der Waals surface area contributed by atoms with Crippen molar-refractivity contribution < 1.29 is 53.4 Å². The Bertz CT molecular complexity index is 2030. The Morgan fingerprint density at radius 3 is 2.04 bits per heavy atom. The highest BCUT2D eigenvalue weighted by atomic mass is 16.7. The van der Waals surface area contributed by atoms with Crippen molar-refractivity contribution in [3.8, 4) is 11.5 Å². The summed E-state index contributed by atoms with van der Waals surface area (Å²) in [6, 6.07) is 14.6. The molecule has 78 heavy (non-hydrogen) atoms. The van der Waals surface area contributed by atoms with Crippen molar-refractivity contribution >= 4 is 17.9 Å². The van der Waals surface area contributed by atoms with Crippen molar-refractivity contribution in [2.75, 3.05) is 59.3 Å². The van der Waals surface area contributed by atoms with Crippen molar-refractivity contribution in [3.63, 3.8) is 0 Å². The predicted molar refractivity (Wildman–Crippen MR) is 310 cm³/mol. The van der Waals surface area contributed by atoms with E-state index < -0.39 is 29.9 Å². The fourth-order valence-corrected chi connectivity index (χ4v) is 12.0. The molecule has 2 amide bonds. The molecule has 14 nitrogen and oxygen atoms in total. The van der Waals surface area contributed by atoms with Gasteiger partial charge < -0.3 is 49.2 Å². The first-order valence-corrected chi connectivity index (χ1v) is 30.7. The van der Waals surface area contributed by atoms with E-state index in [-0.39, 0.29) is 83.6 Å². The van der Waals surface area contributed by atoms with Crippen molar-refractivity contribution in [2.24, 2.45) is 22.9 Å². The number of hydrogen-bond acceptors (Lipinski definition) is 12. The fraction of sp³-hybridized carbons (Fsp3) is 0.703. The Morgan fingerprint density at radius 1 is 0.756 bits per heavy atom. The van der Waals surface area contributed by atoms with Gasteiger partial charge in [0.05, 0.1) is 44.7 Å². The van der Waals surface area contributed by atoms with Crippen LogP contribution in [0.4, 0.5) is 9.59 Å². The topological polar surface area (TPSA) is 178 Å². The summed E-state index contributed by atoms with van der Waals surface area (Å²) in [5.41, 5.74) is 3.34. The van der Waals surface area contributed by atoms with E-state index in [1.54, 1.807) is 17.0 Å². The van der Waals surface area contributed by atoms with Gasteiger partial charge in [0.15, 0.2) is 0 Å². The molecule has 4 N–H and O–H groups in total. The van der Waals surface area contributed by atoms with E-state index in [4.69, 9.17) is 33.7 Å². The molecule has 6 unspecified atom stereocenters. The number of fused-ring (bicyclic) bond motifs is 2. The molecule has 1 heterocycles. The lowest BCUT2D eigenvalue weighted by atomic mass is 9.55. The molecule has 0 bridgehead atoms. The monoisotopic (exact) mass is 1090 g/mol. The molecule has 0 aromatic heterocycles. The number of amides is 2. The molecule has 2 aliphatic carbocycles. The van der Waals surface area contributed by atoms with Gasteiger partial charge in [-0.2, -0.15) is 0 Å². The van der Waals surface area contributed by atoms with Crippen molar-refractivity contribution in [2.45, 2.75) is 212 Å². The second kappa shape index (κ2) is 38.2. The van der Waals surface area contributed by atoms with Crippen molar-refractivity contribution in [1.29, 1.82) is 0 Å². The smallest absolute Gasteiger partial charge is 0.412 e. The van der Waals surface area contributed by atoms with Crippen LogP contribution in [0.1, 0.15) is 204 Å². The number of carbonyl (C=O) groups is 2. The maximum Gasteiger partial charge on any atom is 0.412 e. The minimum atomic E-state index is -1.52. The highest BCUT2D eigenvalue weighted by Gasteiger charge is 2.65. The Kier molecular flexibility index (Phi) is 31.5. The molecule has 438 valence electrons. The maximum atomic E-state index is 14.9. The summed E-state index contributed by atoms with van der Waals surface area (Å²) < 4.78 is 32.7. The van der Waals surface area contributed by atoms with Gasteiger partial charge in [0.1, 0.15) is 24.1 Å². The van der Waals surface area contributed by atoms with Crippen molar-refractivity contribution in [1.82, 2.24) is 10.2 Å². The van der Waals surface area contributed by atoms with Gasteiger partial charge in [-0.25, -0.2) is 9.59 Å². The molecule has 0 saturated heterocycles. The van der Waals surface area contributed by atoms with E-state index in [1.165, 1.54) is 83.5 Å². The third kappa shape index (κ3) is 20.9. The van der Waals surface area contributed by atoms with Crippen LogP contribution in [0.3, 0.4) is 0 Å². The zero-order valence-electron chi connectivity index (χ0n) is 48.0. The Hall–Kier alpha value is -4.47.